The SMILES string of the molecule is CCCOc1ccc2c(=O)n(CCCC#N)ccc2c1. The number of nitrogens with zero attached hydrogens (tertiary/aromatic N) is 2. The third kappa shape index (κ3) is 3.18. The van der Waals surface area contributed by atoms with Gasteiger partial charge in [-0.2, -0.15) is 5.26 Å². The Kier molecular flexibility index (Phi) is 4.78. The molecule has 0 aliphatic carbocycles. The van der Waals surface area contributed by atoms with Gasteiger partial charge < -0.3 is 9.30 Å². The highest BCUT2D eigenvalue weighted by molar-refractivity contribution is 5.82. The van der Waals surface area contributed by atoms with Crippen molar-refractivity contribution in [3.63, 3.8) is 0 Å². The normalized spacial score (nSPS) is 10.4. The lowest BCUT2D eigenvalue weighted by atomic mass is 10.1. The van der Waals surface area contributed by atoms with E-state index < -0.39 is 0 Å². The molecule has 0 unspecified atom stereocenters. The van der Waals surface area contributed by atoms with Crippen LogP contribution in [0.3, 0.4) is 0 Å². The lowest BCUT2D eigenvalue weighted by Crippen LogP contribution is -2.19. The van der Waals surface area contributed by atoms with E-state index in [-0.39, 0.29) is 5.56 Å². The molecule has 1 aromatic carbocycles. The largest absolute Gasteiger partial charge is 0.494 e. The van der Waals surface area contributed by atoms with Crippen LogP contribution < -0.4 is 10.3 Å². The fourth-order valence-electron chi connectivity index (χ4n) is 2.08. The highest BCUT2D eigenvalue weighted by atomic mass is 16.5. The summed E-state index contributed by atoms with van der Waals surface area (Å²) in [6.07, 6.45) is 3.90. The molecule has 1 heterocycles. The molecule has 0 aliphatic rings. The van der Waals surface area contributed by atoms with E-state index in [4.69, 9.17) is 10.00 Å². The van der Waals surface area contributed by atoms with Crippen LogP contribution >= 0.6 is 0 Å². The van der Waals surface area contributed by atoms with E-state index in [1.807, 2.05) is 24.3 Å². The maximum absolute atomic E-state index is 12.3. The molecule has 0 N–H and O–H groups in total. The van der Waals surface area contributed by atoms with Gasteiger partial charge in [0.15, 0.2) is 0 Å². The molecule has 0 atom stereocenters. The summed E-state index contributed by atoms with van der Waals surface area (Å²) in [5.41, 5.74) is -0.0116. The zero-order chi connectivity index (χ0) is 14.4. The van der Waals surface area contributed by atoms with Gasteiger partial charge in [0.05, 0.1) is 12.7 Å². The van der Waals surface area contributed by atoms with Crippen LogP contribution in [0.1, 0.15) is 26.2 Å². The van der Waals surface area contributed by atoms with Crippen molar-refractivity contribution < 1.29 is 4.74 Å². The van der Waals surface area contributed by atoms with Gasteiger partial charge in [-0.3, -0.25) is 4.79 Å². The molecule has 0 spiro atoms. The summed E-state index contributed by atoms with van der Waals surface area (Å²) >= 11 is 0. The summed E-state index contributed by atoms with van der Waals surface area (Å²) in [6, 6.07) is 9.54. The van der Waals surface area contributed by atoms with Gasteiger partial charge in [0.2, 0.25) is 0 Å². The summed E-state index contributed by atoms with van der Waals surface area (Å²) in [5, 5.41) is 10.1. The second-order valence-electron chi connectivity index (χ2n) is 4.67. The predicted molar refractivity (Wildman–Crippen MR) is 78.8 cm³/mol. The monoisotopic (exact) mass is 270 g/mol. The third-order valence-electron chi connectivity index (χ3n) is 3.11. The molecule has 4 heteroatoms. The van der Waals surface area contributed by atoms with Crippen LogP contribution in [0.15, 0.2) is 35.3 Å². The Morgan fingerprint density at radius 1 is 1.35 bits per heavy atom. The second-order valence-corrected chi connectivity index (χ2v) is 4.67. The van der Waals surface area contributed by atoms with Gasteiger partial charge in [-0.1, -0.05) is 6.92 Å². The number of hydrogen-bond acceptors (Lipinski definition) is 3. The minimum Gasteiger partial charge on any atom is -0.494 e. The summed E-state index contributed by atoms with van der Waals surface area (Å²) in [4.78, 5) is 12.3. The first-order valence-corrected chi connectivity index (χ1v) is 6.89. The number of unbranched alkanes of at least 4 members (excludes halogenated alkanes) is 1. The molecule has 0 bridgehead atoms. The fraction of sp³-hybridized carbons (Fsp3) is 0.375. The lowest BCUT2D eigenvalue weighted by Gasteiger charge is -2.08. The number of pyridine rings is 1. The summed E-state index contributed by atoms with van der Waals surface area (Å²) in [6.45, 7) is 3.31. The molecule has 4 nitrogen and oxygen atoms in total. The number of hydrogen-bond donors (Lipinski definition) is 0. The van der Waals surface area contributed by atoms with E-state index in [1.165, 1.54) is 0 Å². The molecule has 2 rings (SSSR count). The predicted octanol–water partition coefficient (Wildman–Crippen LogP) is 3.09. The molecule has 2 aromatic rings. The van der Waals surface area contributed by atoms with Gasteiger partial charge in [-0.25, -0.2) is 0 Å². The summed E-state index contributed by atoms with van der Waals surface area (Å²) in [5.74, 6) is 0.793. The molecule has 20 heavy (non-hydrogen) atoms. The number of benzene rings is 1. The van der Waals surface area contributed by atoms with Gasteiger partial charge in [0, 0.05) is 24.5 Å². The van der Waals surface area contributed by atoms with E-state index in [2.05, 4.69) is 13.0 Å². The van der Waals surface area contributed by atoms with Gasteiger partial charge in [0.25, 0.3) is 5.56 Å². The average Bonchev–Trinajstić information content (AvgIpc) is 2.47. The third-order valence-corrected chi connectivity index (χ3v) is 3.11. The summed E-state index contributed by atoms with van der Waals surface area (Å²) in [7, 11) is 0. The Hall–Kier alpha value is -2.28. The molecule has 0 saturated carbocycles. The zero-order valence-corrected chi connectivity index (χ0v) is 11.6. The van der Waals surface area contributed by atoms with Crippen LogP contribution in [-0.2, 0) is 6.54 Å². The molecular formula is C16H18N2O2. The van der Waals surface area contributed by atoms with Crippen molar-refractivity contribution in [2.24, 2.45) is 0 Å². The maximum Gasteiger partial charge on any atom is 0.258 e. The smallest absolute Gasteiger partial charge is 0.258 e. The summed E-state index contributed by atoms with van der Waals surface area (Å²) < 4.78 is 7.23. The van der Waals surface area contributed by atoms with Crippen molar-refractivity contribution >= 4 is 10.8 Å². The average molecular weight is 270 g/mol. The molecule has 0 fully saturated rings. The Bertz CT molecular complexity index is 683. The van der Waals surface area contributed by atoms with E-state index in [0.29, 0.717) is 31.4 Å². The molecule has 0 aliphatic heterocycles. The Labute approximate surface area is 118 Å². The van der Waals surface area contributed by atoms with Crippen molar-refractivity contribution in [3.8, 4) is 11.8 Å². The van der Waals surface area contributed by atoms with Crippen molar-refractivity contribution in [1.29, 1.82) is 5.26 Å². The Morgan fingerprint density at radius 2 is 2.20 bits per heavy atom. The molecule has 1 aromatic heterocycles. The number of nitriles is 1. The van der Waals surface area contributed by atoms with E-state index in [1.54, 1.807) is 10.8 Å². The number of rotatable bonds is 6. The quantitative estimate of drug-likeness (QED) is 0.758. The van der Waals surface area contributed by atoms with Crippen molar-refractivity contribution in [3.05, 3.63) is 40.8 Å². The first kappa shape index (κ1) is 14.1. The minimum absolute atomic E-state index is 0.0116. The number of ether oxygens (including phenoxy) is 1. The van der Waals surface area contributed by atoms with Crippen LogP contribution in [0.5, 0.6) is 5.75 Å². The molecular weight excluding hydrogens is 252 g/mol. The first-order valence-electron chi connectivity index (χ1n) is 6.89. The lowest BCUT2D eigenvalue weighted by molar-refractivity contribution is 0.318. The highest BCUT2D eigenvalue weighted by Crippen LogP contribution is 2.18. The van der Waals surface area contributed by atoms with E-state index in [9.17, 15) is 4.79 Å². The van der Waals surface area contributed by atoms with Crippen LogP contribution in [0.25, 0.3) is 10.8 Å². The molecule has 0 radical (unpaired) electrons. The van der Waals surface area contributed by atoms with E-state index in [0.717, 1.165) is 17.6 Å². The van der Waals surface area contributed by atoms with Crippen molar-refractivity contribution in [2.75, 3.05) is 6.61 Å². The first-order chi connectivity index (χ1) is 9.76. The number of aryl methyl sites for hydroxylation is 1. The molecule has 104 valence electrons. The van der Waals surface area contributed by atoms with Crippen LogP contribution in [0.4, 0.5) is 0 Å². The minimum atomic E-state index is -0.0116. The second kappa shape index (κ2) is 6.76. The van der Waals surface area contributed by atoms with E-state index >= 15 is 0 Å². The topological polar surface area (TPSA) is 55.0 Å². The number of aromatic nitrogens is 1. The highest BCUT2D eigenvalue weighted by Gasteiger charge is 2.04. The van der Waals surface area contributed by atoms with Gasteiger partial charge in [-0.15, -0.1) is 0 Å². The zero-order valence-electron chi connectivity index (χ0n) is 11.6. The molecule has 0 amide bonds. The Balaban J connectivity index is 2.28. The van der Waals surface area contributed by atoms with Crippen LogP contribution in [0.2, 0.25) is 0 Å². The van der Waals surface area contributed by atoms with Crippen LogP contribution in [-0.4, -0.2) is 11.2 Å². The maximum atomic E-state index is 12.3. The van der Waals surface area contributed by atoms with Crippen molar-refractivity contribution in [2.45, 2.75) is 32.7 Å². The van der Waals surface area contributed by atoms with Gasteiger partial charge in [-0.05, 0) is 42.5 Å². The standard InChI is InChI=1S/C16H18N2O2/c1-2-11-20-14-5-6-15-13(12-14)7-10-18(16(15)19)9-4-3-8-17/h5-7,10,12H,2-4,9,11H2,1H3. The van der Waals surface area contributed by atoms with Gasteiger partial charge in [0.1, 0.15) is 5.75 Å². The fourth-order valence-corrected chi connectivity index (χ4v) is 2.08. The number of fused-ring (bicyclic) bond motifs is 1. The Morgan fingerprint density at radius 3 is 2.95 bits per heavy atom. The van der Waals surface area contributed by atoms with Crippen molar-refractivity contribution in [1.82, 2.24) is 4.57 Å². The molecule has 0 saturated heterocycles. The van der Waals surface area contributed by atoms with Gasteiger partial charge >= 0.3 is 0 Å². The van der Waals surface area contributed by atoms with Crippen LogP contribution in [0, 0.1) is 11.3 Å².